The molecular weight excluding hydrogens is 351 g/mol. The predicted octanol–water partition coefficient (Wildman–Crippen LogP) is 1.03. The van der Waals surface area contributed by atoms with Crippen LogP contribution < -0.4 is 10.2 Å². The van der Waals surface area contributed by atoms with Crippen molar-refractivity contribution in [3.05, 3.63) is 11.1 Å². The van der Waals surface area contributed by atoms with Crippen molar-refractivity contribution in [2.24, 2.45) is 0 Å². The fourth-order valence-corrected chi connectivity index (χ4v) is 2.81. The Hall–Kier alpha value is -2.17. The van der Waals surface area contributed by atoms with E-state index in [-0.39, 0.29) is 12.3 Å². The number of hydrogen-bond donors (Lipinski definition) is 1. The molecule has 1 aliphatic heterocycles. The van der Waals surface area contributed by atoms with Gasteiger partial charge in [0.1, 0.15) is 6.54 Å². The van der Waals surface area contributed by atoms with Gasteiger partial charge in [0, 0.05) is 18.3 Å². The predicted molar refractivity (Wildman–Crippen MR) is 77.4 cm³/mol. The number of nitrogens with one attached hydrogen (secondary N) is 1. The summed E-state index contributed by atoms with van der Waals surface area (Å²) in [5.41, 5.74) is 0.371. The normalized spacial score (nSPS) is 14.8. The molecule has 0 aromatic carbocycles. The Kier molecular flexibility index (Phi) is 5.75. The standard InChI is InChI=1S/C13H14F3N3O4S/c14-13(15,16)7-17-9(20)5-23-11(22)4-8-6-24-12(18-8)19-3-1-2-10(19)21/h6H,1-5,7H2,(H,17,20). The first-order chi connectivity index (χ1) is 11.2. The van der Waals surface area contributed by atoms with Crippen molar-refractivity contribution in [2.75, 3.05) is 24.6 Å². The van der Waals surface area contributed by atoms with E-state index >= 15 is 0 Å². The molecule has 24 heavy (non-hydrogen) atoms. The molecule has 0 atom stereocenters. The van der Waals surface area contributed by atoms with E-state index in [0.29, 0.717) is 23.8 Å². The van der Waals surface area contributed by atoms with Gasteiger partial charge in [-0.25, -0.2) is 4.98 Å². The number of thiazole rings is 1. The molecule has 0 spiro atoms. The number of ether oxygens (including phenoxy) is 1. The van der Waals surface area contributed by atoms with Gasteiger partial charge in [-0.3, -0.25) is 19.3 Å². The van der Waals surface area contributed by atoms with Gasteiger partial charge in [0.05, 0.1) is 12.1 Å². The van der Waals surface area contributed by atoms with Crippen molar-refractivity contribution in [3.8, 4) is 0 Å². The lowest BCUT2D eigenvalue weighted by molar-refractivity contribution is -0.150. The SMILES string of the molecule is O=C(COC(=O)Cc1csc(N2CCCC2=O)n1)NCC(F)(F)F. The Bertz CT molecular complexity index is 632. The summed E-state index contributed by atoms with van der Waals surface area (Å²) in [7, 11) is 0. The van der Waals surface area contributed by atoms with Crippen LogP contribution >= 0.6 is 11.3 Å². The highest BCUT2D eigenvalue weighted by Gasteiger charge is 2.28. The summed E-state index contributed by atoms with van der Waals surface area (Å²) in [6, 6.07) is 0. The van der Waals surface area contributed by atoms with Gasteiger partial charge >= 0.3 is 12.1 Å². The molecule has 11 heteroatoms. The van der Waals surface area contributed by atoms with Gasteiger partial charge in [0.15, 0.2) is 11.7 Å². The third-order valence-electron chi connectivity index (χ3n) is 3.02. The summed E-state index contributed by atoms with van der Waals surface area (Å²) in [4.78, 5) is 40.0. The zero-order valence-corrected chi connectivity index (χ0v) is 13.2. The Balaban J connectivity index is 1.75. The molecule has 0 aliphatic carbocycles. The van der Waals surface area contributed by atoms with E-state index < -0.39 is 31.2 Å². The highest BCUT2D eigenvalue weighted by atomic mass is 32.1. The molecule has 0 unspecified atom stereocenters. The van der Waals surface area contributed by atoms with Crippen LogP contribution in [0.25, 0.3) is 0 Å². The molecule has 7 nitrogen and oxygen atoms in total. The zero-order valence-electron chi connectivity index (χ0n) is 12.4. The van der Waals surface area contributed by atoms with Crippen LogP contribution in [0.5, 0.6) is 0 Å². The first-order valence-electron chi connectivity index (χ1n) is 6.98. The number of alkyl halides is 3. The first kappa shape index (κ1) is 18.2. The number of carbonyl (C=O) groups excluding carboxylic acids is 3. The molecule has 0 radical (unpaired) electrons. The van der Waals surface area contributed by atoms with Gasteiger partial charge in [-0.1, -0.05) is 0 Å². The van der Waals surface area contributed by atoms with Crippen molar-refractivity contribution in [2.45, 2.75) is 25.4 Å². The fourth-order valence-electron chi connectivity index (χ4n) is 1.95. The van der Waals surface area contributed by atoms with E-state index in [2.05, 4.69) is 9.72 Å². The van der Waals surface area contributed by atoms with Crippen LogP contribution in [0, 0.1) is 0 Å². The summed E-state index contributed by atoms with van der Waals surface area (Å²) >= 11 is 1.21. The lowest BCUT2D eigenvalue weighted by Crippen LogP contribution is -2.36. The van der Waals surface area contributed by atoms with E-state index in [1.54, 1.807) is 10.7 Å². The second-order valence-electron chi connectivity index (χ2n) is 5.00. The highest BCUT2D eigenvalue weighted by molar-refractivity contribution is 7.14. The van der Waals surface area contributed by atoms with Crippen molar-refractivity contribution in [1.82, 2.24) is 10.3 Å². The monoisotopic (exact) mass is 365 g/mol. The van der Waals surface area contributed by atoms with Crippen LogP contribution in [0.15, 0.2) is 5.38 Å². The molecule has 1 saturated heterocycles. The molecule has 0 bridgehead atoms. The molecule has 0 saturated carbocycles. The second kappa shape index (κ2) is 7.60. The number of aromatic nitrogens is 1. The molecular formula is C13H14F3N3O4S. The number of carbonyl (C=O) groups is 3. The Morgan fingerprint density at radius 1 is 1.42 bits per heavy atom. The summed E-state index contributed by atoms with van der Waals surface area (Å²) in [5.74, 6) is -1.86. The highest BCUT2D eigenvalue weighted by Crippen LogP contribution is 2.25. The molecule has 2 heterocycles. The van der Waals surface area contributed by atoms with Crippen molar-refractivity contribution in [1.29, 1.82) is 0 Å². The van der Waals surface area contributed by atoms with Gasteiger partial charge in [0.2, 0.25) is 5.91 Å². The van der Waals surface area contributed by atoms with E-state index in [0.717, 1.165) is 6.42 Å². The lowest BCUT2D eigenvalue weighted by Gasteiger charge is -2.10. The van der Waals surface area contributed by atoms with Crippen LogP contribution in [0.2, 0.25) is 0 Å². The number of anilines is 1. The van der Waals surface area contributed by atoms with Gasteiger partial charge in [-0.05, 0) is 6.42 Å². The molecule has 1 aliphatic rings. The molecule has 132 valence electrons. The van der Waals surface area contributed by atoms with Crippen LogP contribution in [-0.2, 0) is 25.5 Å². The number of nitrogens with zero attached hydrogens (tertiary/aromatic N) is 2. The van der Waals surface area contributed by atoms with E-state index in [9.17, 15) is 27.6 Å². The maximum atomic E-state index is 11.9. The number of hydrogen-bond acceptors (Lipinski definition) is 6. The van der Waals surface area contributed by atoms with Crippen LogP contribution in [0.4, 0.5) is 18.3 Å². The van der Waals surface area contributed by atoms with Gasteiger partial charge in [0.25, 0.3) is 5.91 Å². The molecule has 1 N–H and O–H groups in total. The summed E-state index contributed by atoms with van der Waals surface area (Å²) < 4.78 is 40.3. The fraction of sp³-hybridized carbons (Fsp3) is 0.538. The quantitative estimate of drug-likeness (QED) is 0.761. The minimum atomic E-state index is -4.52. The summed E-state index contributed by atoms with van der Waals surface area (Å²) in [5, 5.41) is 3.67. The van der Waals surface area contributed by atoms with E-state index in [1.807, 2.05) is 0 Å². The maximum absolute atomic E-state index is 11.9. The second-order valence-corrected chi connectivity index (χ2v) is 5.84. The smallest absolute Gasteiger partial charge is 0.405 e. The zero-order chi connectivity index (χ0) is 17.7. The Labute approximate surface area is 138 Å². The van der Waals surface area contributed by atoms with Crippen LogP contribution in [0.3, 0.4) is 0 Å². The van der Waals surface area contributed by atoms with Crippen molar-refractivity contribution >= 4 is 34.3 Å². The van der Waals surface area contributed by atoms with Gasteiger partial charge < -0.3 is 10.1 Å². The van der Waals surface area contributed by atoms with Crippen molar-refractivity contribution < 1.29 is 32.3 Å². The molecule has 1 fully saturated rings. The largest absolute Gasteiger partial charge is 0.455 e. The van der Waals surface area contributed by atoms with E-state index in [1.165, 1.54) is 16.2 Å². The molecule has 1 aromatic heterocycles. The number of halogens is 3. The third kappa shape index (κ3) is 5.48. The molecule has 2 amide bonds. The van der Waals surface area contributed by atoms with Crippen LogP contribution in [0.1, 0.15) is 18.5 Å². The number of amides is 2. The number of rotatable bonds is 6. The first-order valence-corrected chi connectivity index (χ1v) is 7.86. The minimum Gasteiger partial charge on any atom is -0.455 e. The lowest BCUT2D eigenvalue weighted by atomic mass is 10.3. The molecule has 1 aromatic rings. The third-order valence-corrected chi connectivity index (χ3v) is 3.93. The minimum absolute atomic E-state index is 0.0280. The van der Waals surface area contributed by atoms with E-state index in [4.69, 9.17) is 0 Å². The topological polar surface area (TPSA) is 88.6 Å². The maximum Gasteiger partial charge on any atom is 0.405 e. The summed E-state index contributed by atoms with van der Waals surface area (Å²) in [6.45, 7) is -1.70. The average molecular weight is 365 g/mol. The van der Waals surface area contributed by atoms with Crippen LogP contribution in [-0.4, -0.2) is 48.6 Å². The summed E-state index contributed by atoms with van der Waals surface area (Å²) in [6.07, 6.45) is -3.54. The average Bonchev–Trinajstić information content (AvgIpc) is 3.11. The molecule has 2 rings (SSSR count). The van der Waals surface area contributed by atoms with Gasteiger partial charge in [-0.15, -0.1) is 11.3 Å². The Morgan fingerprint density at radius 3 is 2.79 bits per heavy atom. The van der Waals surface area contributed by atoms with Crippen molar-refractivity contribution in [3.63, 3.8) is 0 Å². The van der Waals surface area contributed by atoms with Gasteiger partial charge in [-0.2, -0.15) is 13.2 Å². The Morgan fingerprint density at radius 2 is 2.17 bits per heavy atom. The number of esters is 1.